The summed E-state index contributed by atoms with van der Waals surface area (Å²) in [6.45, 7) is 7.35. The van der Waals surface area contributed by atoms with E-state index in [4.69, 9.17) is 9.47 Å². The molecule has 0 radical (unpaired) electrons. The largest absolute Gasteiger partial charge is 0.478 e. The zero-order chi connectivity index (χ0) is 13.0. The molecule has 1 aliphatic heterocycles. The maximum atomic E-state index is 5.53. The third kappa shape index (κ3) is 3.57. The summed E-state index contributed by atoms with van der Waals surface area (Å²) < 4.78 is 11.0. The average Bonchev–Trinajstić information content (AvgIpc) is 2.28. The summed E-state index contributed by atoms with van der Waals surface area (Å²) in [6.07, 6.45) is 2.33. The van der Waals surface area contributed by atoms with Crippen molar-refractivity contribution in [3.63, 3.8) is 0 Å². The molecule has 0 aliphatic carbocycles. The van der Waals surface area contributed by atoms with Crippen molar-refractivity contribution in [3.05, 3.63) is 11.9 Å². The minimum atomic E-state index is 0.311. The predicted molar refractivity (Wildman–Crippen MR) is 70.0 cm³/mol. The number of aromatic nitrogens is 2. The lowest BCUT2D eigenvalue weighted by Crippen LogP contribution is -2.32. The summed E-state index contributed by atoms with van der Waals surface area (Å²) in [7, 11) is 0. The van der Waals surface area contributed by atoms with Crippen LogP contribution in [-0.2, 0) is 4.74 Å². The minimum absolute atomic E-state index is 0.311. The fourth-order valence-electron chi connectivity index (χ4n) is 2.17. The summed E-state index contributed by atoms with van der Waals surface area (Å²) >= 11 is 0. The molecule has 2 unspecified atom stereocenters. The molecule has 1 saturated heterocycles. The smallest absolute Gasteiger partial charge is 0.218 e. The SMILES string of the molecule is CCOc1cc(NC2CCOC(C)C2)nc(C)n1. The van der Waals surface area contributed by atoms with Crippen LogP contribution in [0.2, 0.25) is 0 Å². The van der Waals surface area contributed by atoms with E-state index in [0.717, 1.165) is 31.1 Å². The van der Waals surface area contributed by atoms with Crippen molar-refractivity contribution in [2.75, 3.05) is 18.5 Å². The third-order valence-corrected chi connectivity index (χ3v) is 2.94. The van der Waals surface area contributed by atoms with Crippen molar-refractivity contribution in [2.24, 2.45) is 0 Å². The molecule has 2 rings (SSSR count). The van der Waals surface area contributed by atoms with Crippen LogP contribution in [0.15, 0.2) is 6.07 Å². The average molecular weight is 251 g/mol. The Morgan fingerprint density at radius 1 is 1.50 bits per heavy atom. The van der Waals surface area contributed by atoms with Crippen molar-refractivity contribution in [3.8, 4) is 5.88 Å². The van der Waals surface area contributed by atoms with Crippen LogP contribution in [0.5, 0.6) is 5.88 Å². The molecule has 2 heterocycles. The molecule has 0 bridgehead atoms. The van der Waals surface area contributed by atoms with E-state index in [9.17, 15) is 0 Å². The van der Waals surface area contributed by atoms with Gasteiger partial charge in [-0.2, -0.15) is 4.98 Å². The molecule has 18 heavy (non-hydrogen) atoms. The van der Waals surface area contributed by atoms with Crippen LogP contribution in [0.25, 0.3) is 0 Å². The monoisotopic (exact) mass is 251 g/mol. The van der Waals surface area contributed by atoms with E-state index in [1.165, 1.54) is 0 Å². The van der Waals surface area contributed by atoms with E-state index in [0.29, 0.717) is 24.6 Å². The molecule has 0 spiro atoms. The molecular weight excluding hydrogens is 230 g/mol. The van der Waals surface area contributed by atoms with Gasteiger partial charge in [-0.15, -0.1) is 0 Å². The number of nitrogens with zero attached hydrogens (tertiary/aromatic N) is 2. The Balaban J connectivity index is 2.03. The van der Waals surface area contributed by atoms with E-state index in [1.54, 1.807) is 0 Å². The first-order valence-corrected chi connectivity index (χ1v) is 6.54. The highest BCUT2D eigenvalue weighted by atomic mass is 16.5. The van der Waals surface area contributed by atoms with Gasteiger partial charge in [0.1, 0.15) is 11.6 Å². The van der Waals surface area contributed by atoms with Crippen LogP contribution >= 0.6 is 0 Å². The fourth-order valence-corrected chi connectivity index (χ4v) is 2.17. The minimum Gasteiger partial charge on any atom is -0.478 e. The van der Waals surface area contributed by atoms with Gasteiger partial charge >= 0.3 is 0 Å². The molecular formula is C13H21N3O2. The Labute approximate surface area is 108 Å². The van der Waals surface area contributed by atoms with Crippen LogP contribution in [0, 0.1) is 6.92 Å². The molecule has 100 valence electrons. The molecule has 1 aromatic rings. The first-order chi connectivity index (χ1) is 8.67. The van der Waals surface area contributed by atoms with Crippen LogP contribution in [0.3, 0.4) is 0 Å². The number of ether oxygens (including phenoxy) is 2. The maximum absolute atomic E-state index is 5.53. The number of anilines is 1. The molecule has 1 aliphatic rings. The first kappa shape index (κ1) is 13.1. The van der Waals surface area contributed by atoms with Crippen molar-refractivity contribution >= 4 is 5.82 Å². The summed E-state index contributed by atoms with van der Waals surface area (Å²) in [4.78, 5) is 8.63. The standard InChI is InChI=1S/C13H21N3O2/c1-4-17-13-8-12(14-10(3)15-13)16-11-5-6-18-9(2)7-11/h8-9,11H,4-7H2,1-3H3,(H,14,15,16). The van der Waals surface area contributed by atoms with Crippen molar-refractivity contribution < 1.29 is 9.47 Å². The van der Waals surface area contributed by atoms with Gasteiger partial charge in [0.25, 0.3) is 0 Å². The van der Waals surface area contributed by atoms with Crippen molar-refractivity contribution in [1.29, 1.82) is 0 Å². The number of hydrogen-bond donors (Lipinski definition) is 1. The zero-order valence-electron chi connectivity index (χ0n) is 11.3. The van der Waals surface area contributed by atoms with Crippen LogP contribution < -0.4 is 10.1 Å². The van der Waals surface area contributed by atoms with Gasteiger partial charge < -0.3 is 14.8 Å². The highest BCUT2D eigenvalue weighted by Crippen LogP contribution is 2.19. The van der Waals surface area contributed by atoms with E-state index in [1.807, 2.05) is 19.9 Å². The maximum Gasteiger partial charge on any atom is 0.218 e. The summed E-state index contributed by atoms with van der Waals surface area (Å²) in [5.74, 6) is 2.20. The van der Waals surface area contributed by atoms with Crippen LogP contribution in [0.4, 0.5) is 5.82 Å². The Morgan fingerprint density at radius 3 is 3.06 bits per heavy atom. The van der Waals surface area contributed by atoms with Gasteiger partial charge in [0.15, 0.2) is 0 Å². The van der Waals surface area contributed by atoms with Gasteiger partial charge in [0.2, 0.25) is 5.88 Å². The summed E-state index contributed by atoms with van der Waals surface area (Å²) in [5.41, 5.74) is 0. The molecule has 2 atom stereocenters. The lowest BCUT2D eigenvalue weighted by atomic mass is 10.0. The summed E-state index contributed by atoms with van der Waals surface area (Å²) in [5, 5.41) is 3.44. The number of rotatable bonds is 4. The molecule has 1 N–H and O–H groups in total. The van der Waals surface area contributed by atoms with Gasteiger partial charge in [-0.25, -0.2) is 4.98 Å². The van der Waals surface area contributed by atoms with Crippen molar-refractivity contribution in [2.45, 2.75) is 45.8 Å². The Hall–Kier alpha value is -1.36. The number of hydrogen-bond acceptors (Lipinski definition) is 5. The van der Waals surface area contributed by atoms with Crippen molar-refractivity contribution in [1.82, 2.24) is 9.97 Å². The number of aryl methyl sites for hydroxylation is 1. The Bertz CT molecular complexity index is 398. The van der Waals surface area contributed by atoms with Gasteiger partial charge in [0.05, 0.1) is 12.7 Å². The topological polar surface area (TPSA) is 56.3 Å². The normalized spacial score (nSPS) is 23.7. The second-order valence-electron chi connectivity index (χ2n) is 4.62. The van der Waals surface area contributed by atoms with Gasteiger partial charge in [-0.05, 0) is 33.6 Å². The molecule has 0 amide bonds. The highest BCUT2D eigenvalue weighted by molar-refractivity contribution is 5.39. The van der Waals surface area contributed by atoms with Crippen LogP contribution in [-0.4, -0.2) is 35.3 Å². The molecule has 1 aromatic heterocycles. The van der Waals surface area contributed by atoms with E-state index in [2.05, 4.69) is 22.2 Å². The predicted octanol–water partition coefficient (Wildman–Crippen LogP) is 2.16. The lowest BCUT2D eigenvalue weighted by Gasteiger charge is -2.28. The Morgan fingerprint density at radius 2 is 2.33 bits per heavy atom. The molecule has 0 aromatic carbocycles. The van der Waals surface area contributed by atoms with E-state index in [-0.39, 0.29) is 0 Å². The second kappa shape index (κ2) is 6.00. The zero-order valence-corrected chi connectivity index (χ0v) is 11.3. The van der Waals surface area contributed by atoms with E-state index >= 15 is 0 Å². The van der Waals surface area contributed by atoms with E-state index < -0.39 is 0 Å². The summed E-state index contributed by atoms with van der Waals surface area (Å²) in [6, 6.07) is 2.27. The molecule has 5 heteroatoms. The molecule has 5 nitrogen and oxygen atoms in total. The highest BCUT2D eigenvalue weighted by Gasteiger charge is 2.19. The lowest BCUT2D eigenvalue weighted by molar-refractivity contribution is 0.0232. The van der Waals surface area contributed by atoms with Gasteiger partial charge in [0, 0.05) is 18.7 Å². The van der Waals surface area contributed by atoms with Gasteiger partial charge in [-0.3, -0.25) is 0 Å². The fraction of sp³-hybridized carbons (Fsp3) is 0.692. The second-order valence-corrected chi connectivity index (χ2v) is 4.62. The quantitative estimate of drug-likeness (QED) is 0.888. The molecule has 1 fully saturated rings. The van der Waals surface area contributed by atoms with Gasteiger partial charge in [-0.1, -0.05) is 0 Å². The third-order valence-electron chi connectivity index (χ3n) is 2.94. The Kier molecular flexibility index (Phi) is 4.36. The molecule has 0 saturated carbocycles. The first-order valence-electron chi connectivity index (χ1n) is 6.54. The van der Waals surface area contributed by atoms with Crippen LogP contribution in [0.1, 0.15) is 32.5 Å². The number of nitrogens with one attached hydrogen (secondary N) is 1.